The Bertz CT molecular complexity index is 850. The van der Waals surface area contributed by atoms with Crippen molar-refractivity contribution in [3.63, 3.8) is 0 Å². The number of carbonyl (C=O) groups excluding carboxylic acids is 1. The average Bonchev–Trinajstić information content (AvgIpc) is 3.15. The molecule has 0 aliphatic carbocycles. The van der Waals surface area contributed by atoms with Gasteiger partial charge in [0.05, 0.1) is 12.9 Å². The fourth-order valence-electron chi connectivity index (χ4n) is 2.40. The van der Waals surface area contributed by atoms with E-state index in [1.165, 1.54) is 0 Å². The van der Waals surface area contributed by atoms with Crippen molar-refractivity contribution in [2.75, 3.05) is 5.32 Å². The summed E-state index contributed by atoms with van der Waals surface area (Å²) < 4.78 is 10.8. The second kappa shape index (κ2) is 9.08. The molecule has 2 amide bonds. The zero-order chi connectivity index (χ0) is 18.2. The van der Waals surface area contributed by atoms with Crippen molar-refractivity contribution >= 4 is 23.3 Å². The predicted octanol–water partition coefficient (Wildman–Crippen LogP) is 4.97. The van der Waals surface area contributed by atoms with Crippen LogP contribution in [0, 0.1) is 0 Å². The van der Waals surface area contributed by atoms with Gasteiger partial charge in [-0.3, -0.25) is 0 Å². The number of hydrogen-bond acceptors (Lipinski definition) is 3. The van der Waals surface area contributed by atoms with Crippen LogP contribution in [0.15, 0.2) is 71.3 Å². The third-order valence-electron chi connectivity index (χ3n) is 3.68. The molecule has 1 aromatic heterocycles. The van der Waals surface area contributed by atoms with Crippen LogP contribution in [0.1, 0.15) is 16.9 Å². The number of nitrogens with one attached hydrogen (secondary N) is 2. The minimum absolute atomic E-state index is 0.293. The first-order valence-electron chi connectivity index (χ1n) is 8.18. The van der Waals surface area contributed by atoms with Gasteiger partial charge in [-0.05, 0) is 41.5 Å². The molecular weight excluding hydrogens is 352 g/mol. The Balaban J connectivity index is 1.48. The predicted molar refractivity (Wildman–Crippen MR) is 101 cm³/mol. The molecule has 0 bridgehead atoms. The number of anilines is 1. The molecule has 0 unspecified atom stereocenters. The topological polar surface area (TPSA) is 63.5 Å². The van der Waals surface area contributed by atoms with Gasteiger partial charge in [0.2, 0.25) is 0 Å². The van der Waals surface area contributed by atoms with Crippen molar-refractivity contribution in [3.8, 4) is 0 Å². The van der Waals surface area contributed by atoms with Gasteiger partial charge in [0.25, 0.3) is 0 Å². The van der Waals surface area contributed by atoms with E-state index in [1.807, 2.05) is 54.6 Å². The quantitative estimate of drug-likeness (QED) is 0.617. The van der Waals surface area contributed by atoms with Crippen molar-refractivity contribution in [1.82, 2.24) is 5.32 Å². The number of benzene rings is 2. The van der Waals surface area contributed by atoms with Crippen LogP contribution in [-0.2, 0) is 24.5 Å². The molecule has 0 fully saturated rings. The Kier molecular flexibility index (Phi) is 6.30. The number of carbonyl (C=O) groups is 1. The SMILES string of the molecule is O=C(NCc1ccccc1Cl)Nc1cccc(COCc2ccco2)c1. The maximum absolute atomic E-state index is 12.1. The fraction of sp³-hybridized carbons (Fsp3) is 0.150. The molecule has 0 radical (unpaired) electrons. The van der Waals surface area contributed by atoms with Gasteiger partial charge >= 0.3 is 6.03 Å². The molecule has 3 aromatic rings. The van der Waals surface area contributed by atoms with E-state index in [9.17, 15) is 4.79 Å². The van der Waals surface area contributed by atoms with Crippen LogP contribution in [0.25, 0.3) is 0 Å². The maximum atomic E-state index is 12.1. The first-order valence-corrected chi connectivity index (χ1v) is 8.56. The molecule has 134 valence electrons. The van der Waals surface area contributed by atoms with Crippen LogP contribution in [0.2, 0.25) is 5.02 Å². The van der Waals surface area contributed by atoms with Gasteiger partial charge in [0, 0.05) is 17.3 Å². The number of halogens is 1. The van der Waals surface area contributed by atoms with E-state index in [1.54, 1.807) is 12.3 Å². The molecule has 0 saturated carbocycles. The van der Waals surface area contributed by atoms with Gasteiger partial charge in [-0.2, -0.15) is 0 Å². The monoisotopic (exact) mass is 370 g/mol. The number of amides is 2. The molecule has 2 N–H and O–H groups in total. The Morgan fingerprint density at radius 2 is 1.92 bits per heavy atom. The summed E-state index contributed by atoms with van der Waals surface area (Å²) >= 11 is 6.08. The lowest BCUT2D eigenvalue weighted by atomic mass is 10.2. The minimum atomic E-state index is -0.293. The first kappa shape index (κ1) is 18.0. The van der Waals surface area contributed by atoms with E-state index in [0.29, 0.717) is 30.5 Å². The smallest absolute Gasteiger partial charge is 0.319 e. The van der Waals surface area contributed by atoms with Crippen molar-refractivity contribution in [1.29, 1.82) is 0 Å². The molecule has 0 spiro atoms. The van der Waals surface area contributed by atoms with Crippen LogP contribution in [0.3, 0.4) is 0 Å². The Morgan fingerprint density at radius 1 is 1.04 bits per heavy atom. The van der Waals surface area contributed by atoms with Gasteiger partial charge in [-0.15, -0.1) is 0 Å². The molecule has 0 saturated heterocycles. The number of ether oxygens (including phenoxy) is 1. The highest BCUT2D eigenvalue weighted by Gasteiger charge is 2.05. The summed E-state index contributed by atoms with van der Waals surface area (Å²) in [6.07, 6.45) is 1.62. The summed E-state index contributed by atoms with van der Waals surface area (Å²) in [6, 6.07) is 18.3. The zero-order valence-corrected chi connectivity index (χ0v) is 14.8. The summed E-state index contributed by atoms with van der Waals surface area (Å²) in [7, 11) is 0. The van der Waals surface area contributed by atoms with Gasteiger partial charge in [-0.1, -0.05) is 41.9 Å². The molecule has 5 nitrogen and oxygen atoms in total. The third-order valence-corrected chi connectivity index (χ3v) is 4.04. The summed E-state index contributed by atoms with van der Waals surface area (Å²) in [5.41, 5.74) is 2.52. The molecule has 2 aromatic carbocycles. The van der Waals surface area contributed by atoms with Crippen molar-refractivity contribution in [2.45, 2.75) is 19.8 Å². The van der Waals surface area contributed by atoms with Gasteiger partial charge in [-0.25, -0.2) is 4.79 Å². The van der Waals surface area contributed by atoms with Crippen LogP contribution in [0.4, 0.5) is 10.5 Å². The van der Waals surface area contributed by atoms with E-state index in [2.05, 4.69) is 10.6 Å². The Morgan fingerprint density at radius 3 is 2.73 bits per heavy atom. The highest BCUT2D eigenvalue weighted by atomic mass is 35.5. The van der Waals surface area contributed by atoms with Crippen molar-refractivity contribution < 1.29 is 13.9 Å². The highest BCUT2D eigenvalue weighted by molar-refractivity contribution is 6.31. The molecule has 0 aliphatic rings. The second-order valence-corrected chi connectivity index (χ2v) is 6.08. The first-order chi connectivity index (χ1) is 12.7. The maximum Gasteiger partial charge on any atom is 0.319 e. The summed E-state index contributed by atoms with van der Waals surface area (Å²) in [5, 5.41) is 6.23. The largest absolute Gasteiger partial charge is 0.467 e. The van der Waals surface area contributed by atoms with E-state index in [-0.39, 0.29) is 6.03 Å². The Hall–Kier alpha value is -2.76. The number of urea groups is 1. The molecule has 6 heteroatoms. The lowest BCUT2D eigenvalue weighted by molar-refractivity contribution is 0.0930. The second-order valence-electron chi connectivity index (χ2n) is 5.67. The van der Waals surface area contributed by atoms with Crippen molar-refractivity contribution in [2.24, 2.45) is 0 Å². The standard InChI is InChI=1S/C20H19ClN2O3/c21-19-9-2-1-6-16(19)12-22-20(24)23-17-7-3-5-15(11-17)13-25-14-18-8-4-10-26-18/h1-11H,12-14H2,(H2,22,23,24). The zero-order valence-electron chi connectivity index (χ0n) is 14.1. The molecule has 0 atom stereocenters. The number of hydrogen-bond donors (Lipinski definition) is 2. The summed E-state index contributed by atoms with van der Waals surface area (Å²) in [4.78, 5) is 12.1. The number of furan rings is 1. The lowest BCUT2D eigenvalue weighted by Crippen LogP contribution is -2.28. The fourth-order valence-corrected chi connectivity index (χ4v) is 2.60. The van der Waals surface area contributed by atoms with E-state index < -0.39 is 0 Å². The molecule has 3 rings (SSSR count). The van der Waals surface area contributed by atoms with E-state index in [4.69, 9.17) is 20.8 Å². The normalized spacial score (nSPS) is 10.5. The van der Waals surface area contributed by atoms with E-state index >= 15 is 0 Å². The molecule has 26 heavy (non-hydrogen) atoms. The van der Waals surface area contributed by atoms with E-state index in [0.717, 1.165) is 16.9 Å². The lowest BCUT2D eigenvalue weighted by Gasteiger charge is -2.10. The van der Waals surface area contributed by atoms with Crippen LogP contribution in [-0.4, -0.2) is 6.03 Å². The third kappa shape index (κ3) is 5.37. The Labute approximate surface area is 156 Å². The molecule has 0 aliphatic heterocycles. The van der Waals surface area contributed by atoms with Crippen LogP contribution >= 0.6 is 11.6 Å². The van der Waals surface area contributed by atoms with Gasteiger partial charge in [0.1, 0.15) is 12.4 Å². The van der Waals surface area contributed by atoms with Crippen LogP contribution in [0.5, 0.6) is 0 Å². The average molecular weight is 371 g/mol. The van der Waals surface area contributed by atoms with Crippen molar-refractivity contribution in [3.05, 3.63) is 88.8 Å². The highest BCUT2D eigenvalue weighted by Crippen LogP contribution is 2.15. The summed E-state index contributed by atoms with van der Waals surface area (Å²) in [6.45, 7) is 1.19. The van der Waals surface area contributed by atoms with Gasteiger partial charge in [0.15, 0.2) is 0 Å². The number of rotatable bonds is 7. The minimum Gasteiger partial charge on any atom is -0.467 e. The van der Waals surface area contributed by atoms with Gasteiger partial charge < -0.3 is 19.8 Å². The van der Waals surface area contributed by atoms with Crippen LogP contribution < -0.4 is 10.6 Å². The molecular formula is C20H19ClN2O3. The summed E-state index contributed by atoms with van der Waals surface area (Å²) in [5.74, 6) is 0.776. The molecule has 1 heterocycles.